The molecule has 1 fully saturated rings. The van der Waals surface area contributed by atoms with Crippen LogP contribution in [0, 0.1) is 0 Å². The molecule has 1 aromatic carbocycles. The molecule has 1 amide bonds. The highest BCUT2D eigenvalue weighted by molar-refractivity contribution is 5.92. The van der Waals surface area contributed by atoms with Crippen LogP contribution >= 0.6 is 0 Å². The van der Waals surface area contributed by atoms with Gasteiger partial charge in [-0.3, -0.25) is 4.79 Å². The van der Waals surface area contributed by atoms with Gasteiger partial charge in [-0.25, -0.2) is 9.97 Å². The zero-order chi connectivity index (χ0) is 18.9. The van der Waals surface area contributed by atoms with E-state index in [-0.39, 0.29) is 11.9 Å². The number of nitrogens with one attached hydrogen (secondary N) is 2. The first-order chi connectivity index (χ1) is 13.2. The number of methoxy groups -OCH3 is 1. The predicted molar refractivity (Wildman–Crippen MR) is 103 cm³/mol. The van der Waals surface area contributed by atoms with Crippen LogP contribution in [0.25, 0.3) is 0 Å². The second-order valence-electron chi connectivity index (χ2n) is 6.55. The van der Waals surface area contributed by atoms with Crippen LogP contribution in [0.15, 0.2) is 36.7 Å². The number of hydrogen-bond donors (Lipinski definition) is 2. The third-order valence-electron chi connectivity index (χ3n) is 4.56. The third kappa shape index (κ3) is 5.84. The number of ether oxygens (including phenoxy) is 2. The molecule has 1 heterocycles. The summed E-state index contributed by atoms with van der Waals surface area (Å²) in [7, 11) is 1.63. The molecule has 0 saturated heterocycles. The maximum atomic E-state index is 12.2. The summed E-state index contributed by atoms with van der Waals surface area (Å²) in [6, 6.07) is 7.69. The van der Waals surface area contributed by atoms with Gasteiger partial charge in [-0.1, -0.05) is 19.3 Å². The van der Waals surface area contributed by atoms with Gasteiger partial charge in [0.05, 0.1) is 26.0 Å². The van der Waals surface area contributed by atoms with Crippen molar-refractivity contribution >= 4 is 11.7 Å². The molecular formula is C20H26N4O3. The lowest BCUT2D eigenvalue weighted by atomic mass is 9.95. The van der Waals surface area contributed by atoms with Crippen LogP contribution in [0.3, 0.4) is 0 Å². The number of aromatic nitrogens is 2. The Kier molecular flexibility index (Phi) is 6.84. The first kappa shape index (κ1) is 18.9. The molecular weight excluding hydrogens is 344 g/mol. The number of hydrogen-bond acceptors (Lipinski definition) is 6. The lowest BCUT2D eigenvalue weighted by Crippen LogP contribution is -2.36. The molecule has 0 radical (unpaired) electrons. The van der Waals surface area contributed by atoms with E-state index in [9.17, 15) is 4.79 Å². The highest BCUT2D eigenvalue weighted by atomic mass is 16.5. The Hall–Kier alpha value is -2.83. The van der Waals surface area contributed by atoms with E-state index in [4.69, 9.17) is 9.47 Å². The van der Waals surface area contributed by atoms with E-state index in [1.54, 1.807) is 13.3 Å². The van der Waals surface area contributed by atoms with Crippen LogP contribution in [-0.4, -0.2) is 42.2 Å². The summed E-state index contributed by atoms with van der Waals surface area (Å²) in [6.07, 6.45) is 8.79. The second-order valence-corrected chi connectivity index (χ2v) is 6.55. The molecule has 1 aliphatic rings. The highest BCUT2D eigenvalue weighted by Crippen LogP contribution is 2.18. The molecule has 1 saturated carbocycles. The Morgan fingerprint density at radius 3 is 2.48 bits per heavy atom. The standard InChI is InChI=1S/C20H26N4O3/c1-26-16-7-9-17(10-8-16)27-12-11-21-19-14-22-18(13-23-19)20(25)24-15-5-3-2-4-6-15/h7-10,13-15H,2-6,11-12H2,1H3,(H,21,23)(H,24,25). The molecule has 0 spiro atoms. The van der Waals surface area contributed by atoms with Crippen LogP contribution in [0.5, 0.6) is 11.5 Å². The predicted octanol–water partition coefficient (Wildman–Crippen LogP) is 3.04. The minimum absolute atomic E-state index is 0.149. The van der Waals surface area contributed by atoms with Crippen molar-refractivity contribution in [1.29, 1.82) is 0 Å². The van der Waals surface area contributed by atoms with E-state index in [2.05, 4.69) is 20.6 Å². The van der Waals surface area contributed by atoms with Gasteiger partial charge in [0.25, 0.3) is 5.91 Å². The van der Waals surface area contributed by atoms with Gasteiger partial charge >= 0.3 is 0 Å². The average molecular weight is 370 g/mol. The topological polar surface area (TPSA) is 85.4 Å². The first-order valence-electron chi connectivity index (χ1n) is 9.38. The van der Waals surface area contributed by atoms with Crippen LogP contribution in [0.2, 0.25) is 0 Å². The molecule has 144 valence electrons. The minimum atomic E-state index is -0.149. The Bertz CT molecular complexity index is 713. The zero-order valence-electron chi connectivity index (χ0n) is 15.6. The Morgan fingerprint density at radius 1 is 1.07 bits per heavy atom. The van der Waals surface area contributed by atoms with E-state index < -0.39 is 0 Å². The summed E-state index contributed by atoms with van der Waals surface area (Å²) < 4.78 is 10.8. The number of anilines is 1. The normalized spacial score (nSPS) is 14.4. The molecule has 1 aromatic heterocycles. The summed E-state index contributed by atoms with van der Waals surface area (Å²) in [5.74, 6) is 2.04. The van der Waals surface area contributed by atoms with Crippen LogP contribution in [-0.2, 0) is 0 Å². The van der Waals surface area contributed by atoms with E-state index in [1.165, 1.54) is 25.5 Å². The molecule has 7 heteroatoms. The number of carbonyl (C=O) groups excluding carboxylic acids is 1. The van der Waals surface area contributed by atoms with Gasteiger partial charge in [0.2, 0.25) is 0 Å². The van der Waals surface area contributed by atoms with Gasteiger partial charge in [0.15, 0.2) is 0 Å². The number of carbonyl (C=O) groups is 1. The third-order valence-corrected chi connectivity index (χ3v) is 4.56. The molecule has 2 aromatic rings. The van der Waals surface area contributed by atoms with E-state index in [0.717, 1.165) is 24.3 Å². The van der Waals surface area contributed by atoms with Crippen molar-refractivity contribution in [3.05, 3.63) is 42.4 Å². The van der Waals surface area contributed by atoms with Crippen LogP contribution in [0.4, 0.5) is 5.82 Å². The molecule has 27 heavy (non-hydrogen) atoms. The molecule has 0 unspecified atom stereocenters. The molecule has 3 rings (SSSR count). The highest BCUT2D eigenvalue weighted by Gasteiger charge is 2.17. The molecule has 0 bridgehead atoms. The lowest BCUT2D eigenvalue weighted by Gasteiger charge is -2.22. The Labute approximate surface area is 159 Å². The summed E-state index contributed by atoms with van der Waals surface area (Å²) in [5, 5.41) is 6.17. The quantitative estimate of drug-likeness (QED) is 0.695. The molecule has 7 nitrogen and oxygen atoms in total. The van der Waals surface area contributed by atoms with Crippen molar-refractivity contribution < 1.29 is 14.3 Å². The van der Waals surface area contributed by atoms with Gasteiger partial charge in [-0.15, -0.1) is 0 Å². The fourth-order valence-corrected chi connectivity index (χ4v) is 3.06. The number of nitrogens with zero attached hydrogens (tertiary/aromatic N) is 2. The van der Waals surface area contributed by atoms with Crippen molar-refractivity contribution in [1.82, 2.24) is 15.3 Å². The Balaban J connectivity index is 1.39. The molecule has 0 atom stereocenters. The monoisotopic (exact) mass is 370 g/mol. The smallest absolute Gasteiger partial charge is 0.271 e. The Morgan fingerprint density at radius 2 is 1.81 bits per heavy atom. The van der Waals surface area contributed by atoms with Crippen molar-refractivity contribution in [2.75, 3.05) is 25.6 Å². The fraction of sp³-hybridized carbons (Fsp3) is 0.450. The van der Waals surface area contributed by atoms with Crippen LogP contribution in [0.1, 0.15) is 42.6 Å². The summed E-state index contributed by atoms with van der Waals surface area (Å²) in [4.78, 5) is 20.7. The lowest BCUT2D eigenvalue weighted by molar-refractivity contribution is 0.0922. The maximum Gasteiger partial charge on any atom is 0.271 e. The minimum Gasteiger partial charge on any atom is -0.497 e. The van der Waals surface area contributed by atoms with Gasteiger partial charge < -0.3 is 20.1 Å². The van der Waals surface area contributed by atoms with E-state index >= 15 is 0 Å². The van der Waals surface area contributed by atoms with Crippen molar-refractivity contribution in [3.8, 4) is 11.5 Å². The van der Waals surface area contributed by atoms with Crippen molar-refractivity contribution in [2.24, 2.45) is 0 Å². The zero-order valence-corrected chi connectivity index (χ0v) is 15.6. The largest absolute Gasteiger partial charge is 0.497 e. The molecule has 1 aliphatic carbocycles. The van der Waals surface area contributed by atoms with Crippen molar-refractivity contribution in [2.45, 2.75) is 38.1 Å². The van der Waals surface area contributed by atoms with E-state index in [0.29, 0.717) is 24.7 Å². The number of rotatable bonds is 8. The SMILES string of the molecule is COc1ccc(OCCNc2cnc(C(=O)NC3CCCCC3)cn2)cc1. The molecule has 0 aliphatic heterocycles. The first-order valence-corrected chi connectivity index (χ1v) is 9.38. The summed E-state index contributed by atoms with van der Waals surface area (Å²) in [5.41, 5.74) is 0.348. The summed E-state index contributed by atoms with van der Waals surface area (Å²) in [6.45, 7) is 1.06. The van der Waals surface area contributed by atoms with Gasteiger partial charge in [0, 0.05) is 6.04 Å². The second kappa shape index (κ2) is 9.75. The van der Waals surface area contributed by atoms with Gasteiger partial charge in [-0.2, -0.15) is 0 Å². The fourth-order valence-electron chi connectivity index (χ4n) is 3.06. The molecule has 2 N–H and O–H groups in total. The van der Waals surface area contributed by atoms with Crippen molar-refractivity contribution in [3.63, 3.8) is 0 Å². The number of benzene rings is 1. The van der Waals surface area contributed by atoms with Gasteiger partial charge in [0.1, 0.15) is 29.6 Å². The maximum absolute atomic E-state index is 12.2. The number of amides is 1. The van der Waals surface area contributed by atoms with Gasteiger partial charge in [-0.05, 0) is 37.1 Å². The summed E-state index contributed by atoms with van der Waals surface area (Å²) >= 11 is 0. The van der Waals surface area contributed by atoms with E-state index in [1.807, 2.05) is 24.3 Å². The average Bonchev–Trinajstić information content (AvgIpc) is 2.73. The van der Waals surface area contributed by atoms with Crippen LogP contribution < -0.4 is 20.1 Å².